The fraction of sp³-hybridized carbons (Fsp3) is 0.241. The lowest BCUT2D eigenvalue weighted by Gasteiger charge is -2.34. The number of benzene rings is 3. The Morgan fingerprint density at radius 1 is 0.949 bits per heavy atom. The second-order valence-electron chi connectivity index (χ2n) is 9.59. The number of alkyl halides is 3. The van der Waals surface area contributed by atoms with Gasteiger partial charge in [0.1, 0.15) is 11.4 Å². The fourth-order valence-electron chi connectivity index (χ4n) is 5.05. The third-order valence-corrected chi connectivity index (χ3v) is 6.99. The first-order valence-electron chi connectivity index (χ1n) is 12.5. The summed E-state index contributed by atoms with van der Waals surface area (Å²) in [5, 5.41) is 7.23. The average molecular weight is 535 g/mol. The van der Waals surface area contributed by atoms with Crippen LogP contribution in [-0.2, 0) is 13.1 Å². The molecular formula is C29H25F3N4O3. The SMILES string of the molecule is O=C(c1cnn2c1N[C@@H](c1ccc3c(c1)OCO3)C[C@@H]2C(F)(F)F)N(Cc1ccccc1)Cc1ccccc1. The highest BCUT2D eigenvalue weighted by molar-refractivity contribution is 5.99. The Bertz CT molecular complexity index is 1430. The summed E-state index contributed by atoms with van der Waals surface area (Å²) in [6.45, 7) is 0.632. The van der Waals surface area contributed by atoms with Crippen LogP contribution in [0, 0.1) is 0 Å². The van der Waals surface area contributed by atoms with E-state index in [0.29, 0.717) is 17.1 Å². The van der Waals surface area contributed by atoms with Crippen molar-refractivity contribution in [1.29, 1.82) is 0 Å². The van der Waals surface area contributed by atoms with E-state index in [0.717, 1.165) is 15.8 Å². The van der Waals surface area contributed by atoms with E-state index in [9.17, 15) is 18.0 Å². The van der Waals surface area contributed by atoms with Gasteiger partial charge in [0.05, 0.1) is 12.2 Å². The van der Waals surface area contributed by atoms with Gasteiger partial charge < -0.3 is 19.7 Å². The lowest BCUT2D eigenvalue weighted by atomic mass is 9.96. The normalized spacial score (nSPS) is 17.8. The highest BCUT2D eigenvalue weighted by atomic mass is 19.4. The van der Waals surface area contributed by atoms with Gasteiger partial charge in [0.25, 0.3) is 5.91 Å². The molecule has 0 saturated heterocycles. The van der Waals surface area contributed by atoms with E-state index in [1.165, 1.54) is 6.20 Å². The number of hydrogen-bond acceptors (Lipinski definition) is 5. The summed E-state index contributed by atoms with van der Waals surface area (Å²) in [4.78, 5) is 15.6. The number of rotatable bonds is 6. The van der Waals surface area contributed by atoms with Crippen molar-refractivity contribution < 1.29 is 27.4 Å². The number of aromatic nitrogens is 2. The summed E-state index contributed by atoms with van der Waals surface area (Å²) in [5.41, 5.74) is 2.50. The van der Waals surface area contributed by atoms with Gasteiger partial charge in [-0.15, -0.1) is 0 Å². The number of fused-ring (bicyclic) bond motifs is 2. The molecule has 0 fully saturated rings. The Morgan fingerprint density at radius 2 is 1.59 bits per heavy atom. The molecule has 200 valence electrons. The van der Waals surface area contributed by atoms with Gasteiger partial charge in [0, 0.05) is 19.5 Å². The number of anilines is 1. The third-order valence-electron chi connectivity index (χ3n) is 6.99. The average Bonchev–Trinajstić information content (AvgIpc) is 3.59. The standard InChI is InChI=1S/C29H25F3N4O3/c30-29(31,32)26-14-23(21-11-12-24-25(13-21)39-18-38-24)34-27-22(15-33-36(26)27)28(37)35(16-19-7-3-1-4-8-19)17-20-9-5-2-6-10-20/h1-13,15,23,26,34H,14,16-18H2/t23-,26-/m1/s1. The number of carbonyl (C=O) groups excluding carboxylic acids is 1. The van der Waals surface area contributed by atoms with Crippen LogP contribution in [0.3, 0.4) is 0 Å². The van der Waals surface area contributed by atoms with Gasteiger partial charge in [-0.3, -0.25) is 4.79 Å². The lowest BCUT2D eigenvalue weighted by molar-refractivity contribution is -0.173. The minimum absolute atomic E-state index is 0.0439. The minimum atomic E-state index is -4.56. The van der Waals surface area contributed by atoms with Crippen molar-refractivity contribution in [2.24, 2.45) is 0 Å². The number of nitrogens with zero attached hydrogens (tertiary/aromatic N) is 3. The Labute approximate surface area is 222 Å². The second kappa shape index (κ2) is 10.0. The van der Waals surface area contributed by atoms with Gasteiger partial charge in [-0.1, -0.05) is 66.7 Å². The number of nitrogens with one attached hydrogen (secondary N) is 1. The summed E-state index contributed by atoms with van der Waals surface area (Å²) in [5.74, 6) is 0.650. The number of ether oxygens (including phenoxy) is 2. The largest absolute Gasteiger partial charge is 0.454 e. The monoisotopic (exact) mass is 534 g/mol. The molecular weight excluding hydrogens is 509 g/mol. The molecule has 3 heterocycles. The Hall–Kier alpha value is -4.47. The van der Waals surface area contributed by atoms with Crippen LogP contribution < -0.4 is 14.8 Å². The highest BCUT2D eigenvalue weighted by Crippen LogP contribution is 2.46. The van der Waals surface area contributed by atoms with Crippen LogP contribution in [0.4, 0.5) is 19.0 Å². The number of carbonyl (C=O) groups is 1. The summed E-state index contributed by atoms with van der Waals surface area (Å²) in [6, 6.07) is 21.4. The smallest absolute Gasteiger partial charge is 0.410 e. The summed E-state index contributed by atoms with van der Waals surface area (Å²) < 4.78 is 54.4. The number of amides is 1. The Kier molecular flexibility index (Phi) is 6.38. The van der Waals surface area contributed by atoms with E-state index in [4.69, 9.17) is 9.47 Å². The van der Waals surface area contributed by atoms with Crippen molar-refractivity contribution in [3.05, 3.63) is 107 Å². The molecule has 0 radical (unpaired) electrons. The molecule has 0 unspecified atom stereocenters. The zero-order chi connectivity index (χ0) is 27.0. The van der Waals surface area contributed by atoms with Crippen LogP contribution >= 0.6 is 0 Å². The Balaban J connectivity index is 1.36. The third kappa shape index (κ3) is 5.01. The molecule has 10 heteroatoms. The fourth-order valence-corrected chi connectivity index (χ4v) is 5.05. The number of hydrogen-bond donors (Lipinski definition) is 1. The van der Waals surface area contributed by atoms with Crippen molar-refractivity contribution in [2.45, 2.75) is 37.8 Å². The molecule has 2 aliphatic rings. The van der Waals surface area contributed by atoms with E-state index >= 15 is 0 Å². The molecule has 1 N–H and O–H groups in total. The maximum absolute atomic E-state index is 14.2. The Morgan fingerprint density at radius 3 is 2.23 bits per heavy atom. The predicted octanol–water partition coefficient (Wildman–Crippen LogP) is 6.11. The molecule has 0 saturated carbocycles. The molecule has 39 heavy (non-hydrogen) atoms. The lowest BCUT2D eigenvalue weighted by Crippen LogP contribution is -2.37. The van der Waals surface area contributed by atoms with Crippen LogP contribution in [0.1, 0.15) is 45.6 Å². The van der Waals surface area contributed by atoms with Crippen molar-refractivity contribution in [3.8, 4) is 11.5 Å². The summed E-state index contributed by atoms with van der Waals surface area (Å²) in [7, 11) is 0. The van der Waals surface area contributed by atoms with Gasteiger partial charge in [0.2, 0.25) is 6.79 Å². The zero-order valence-corrected chi connectivity index (χ0v) is 20.8. The molecule has 0 spiro atoms. The molecule has 3 aromatic carbocycles. The first-order valence-corrected chi connectivity index (χ1v) is 12.5. The predicted molar refractivity (Wildman–Crippen MR) is 137 cm³/mol. The molecule has 4 aromatic rings. The second-order valence-corrected chi connectivity index (χ2v) is 9.59. The van der Waals surface area contributed by atoms with Crippen LogP contribution in [-0.4, -0.2) is 33.6 Å². The zero-order valence-electron chi connectivity index (χ0n) is 20.8. The van der Waals surface area contributed by atoms with Gasteiger partial charge in [-0.05, 0) is 28.8 Å². The van der Waals surface area contributed by atoms with E-state index in [1.807, 2.05) is 60.7 Å². The van der Waals surface area contributed by atoms with E-state index in [1.54, 1.807) is 23.1 Å². The maximum atomic E-state index is 14.2. The molecule has 1 aromatic heterocycles. The topological polar surface area (TPSA) is 68.6 Å². The quantitative estimate of drug-likeness (QED) is 0.323. The van der Waals surface area contributed by atoms with E-state index in [2.05, 4.69) is 10.4 Å². The molecule has 7 nitrogen and oxygen atoms in total. The van der Waals surface area contributed by atoms with Crippen LogP contribution in [0.2, 0.25) is 0 Å². The van der Waals surface area contributed by atoms with Crippen molar-refractivity contribution in [1.82, 2.24) is 14.7 Å². The van der Waals surface area contributed by atoms with Crippen molar-refractivity contribution in [3.63, 3.8) is 0 Å². The van der Waals surface area contributed by atoms with Gasteiger partial charge in [-0.25, -0.2) is 4.68 Å². The highest BCUT2D eigenvalue weighted by Gasteiger charge is 2.47. The summed E-state index contributed by atoms with van der Waals surface area (Å²) in [6.07, 6.45) is -3.62. The van der Waals surface area contributed by atoms with Gasteiger partial charge in [-0.2, -0.15) is 18.3 Å². The summed E-state index contributed by atoms with van der Waals surface area (Å²) >= 11 is 0. The number of halogens is 3. The van der Waals surface area contributed by atoms with Crippen LogP contribution in [0.25, 0.3) is 0 Å². The molecule has 1 amide bonds. The molecule has 6 rings (SSSR count). The van der Waals surface area contributed by atoms with Gasteiger partial charge >= 0.3 is 6.18 Å². The first-order chi connectivity index (χ1) is 18.9. The van der Waals surface area contributed by atoms with E-state index < -0.39 is 24.2 Å². The minimum Gasteiger partial charge on any atom is -0.454 e. The van der Waals surface area contributed by atoms with Crippen LogP contribution in [0.15, 0.2) is 85.1 Å². The maximum Gasteiger partial charge on any atom is 0.410 e. The molecule has 0 bridgehead atoms. The van der Waals surface area contributed by atoms with E-state index in [-0.39, 0.29) is 37.7 Å². The molecule has 2 aliphatic heterocycles. The van der Waals surface area contributed by atoms with Crippen molar-refractivity contribution >= 4 is 11.7 Å². The van der Waals surface area contributed by atoms with Gasteiger partial charge in [0.15, 0.2) is 17.5 Å². The molecule has 0 aliphatic carbocycles. The molecule has 2 atom stereocenters. The van der Waals surface area contributed by atoms with Crippen molar-refractivity contribution in [2.75, 3.05) is 12.1 Å². The first kappa shape index (κ1) is 24.8. The van der Waals surface area contributed by atoms with Crippen LogP contribution in [0.5, 0.6) is 11.5 Å².